The fourth-order valence-electron chi connectivity index (χ4n) is 1.99. The minimum Gasteiger partial charge on any atom is -0.477 e. The second-order valence-electron chi connectivity index (χ2n) is 4.32. The van der Waals surface area contributed by atoms with Crippen LogP contribution in [0.3, 0.4) is 0 Å². The monoisotopic (exact) mass is 329 g/mol. The fourth-order valence-corrected chi connectivity index (χ4v) is 3.69. The lowest BCUT2D eigenvalue weighted by Crippen LogP contribution is -2.16. The van der Waals surface area contributed by atoms with Crippen molar-refractivity contribution in [3.05, 3.63) is 40.3 Å². The first-order valence-electron chi connectivity index (χ1n) is 5.80. The second kappa shape index (κ2) is 5.38. The van der Waals surface area contributed by atoms with E-state index in [0.717, 1.165) is 0 Å². The van der Waals surface area contributed by atoms with E-state index < -0.39 is 16.0 Å². The molecule has 0 saturated heterocycles. The van der Waals surface area contributed by atoms with Gasteiger partial charge >= 0.3 is 5.97 Å². The van der Waals surface area contributed by atoms with Gasteiger partial charge in [-0.05, 0) is 26.0 Å². The number of anilines is 1. The lowest BCUT2D eigenvalue weighted by molar-refractivity contribution is 0.0690. The Kier molecular flexibility index (Phi) is 3.93. The molecule has 0 aromatic carbocycles. The summed E-state index contributed by atoms with van der Waals surface area (Å²) >= 11 is 5.86. The first-order valence-corrected chi connectivity index (χ1v) is 7.66. The number of hydrogen-bond acceptors (Lipinski definition) is 4. The van der Waals surface area contributed by atoms with Gasteiger partial charge in [-0.2, -0.15) is 0 Å². The summed E-state index contributed by atoms with van der Waals surface area (Å²) in [6.07, 6.45) is 1.39. The molecule has 0 amide bonds. The summed E-state index contributed by atoms with van der Waals surface area (Å²) in [6.45, 7) is 2.90. The van der Waals surface area contributed by atoms with Crippen molar-refractivity contribution in [3.8, 4) is 0 Å². The number of aromatic carboxylic acids is 1. The first-order chi connectivity index (χ1) is 9.74. The molecular weight excluding hydrogens is 318 g/mol. The average Bonchev–Trinajstić information content (AvgIpc) is 2.68. The van der Waals surface area contributed by atoms with Gasteiger partial charge in [0.15, 0.2) is 5.82 Å². The number of rotatable bonds is 4. The van der Waals surface area contributed by atoms with Crippen LogP contribution in [0.2, 0.25) is 5.02 Å². The number of H-pyrrole nitrogens is 1. The van der Waals surface area contributed by atoms with Crippen LogP contribution in [0, 0.1) is 13.8 Å². The summed E-state index contributed by atoms with van der Waals surface area (Å²) in [7, 11) is -4.00. The molecule has 0 fully saturated rings. The molecule has 0 unspecified atom stereocenters. The molecular formula is C12H12ClN3O4S. The van der Waals surface area contributed by atoms with Gasteiger partial charge in [-0.15, -0.1) is 0 Å². The van der Waals surface area contributed by atoms with Gasteiger partial charge < -0.3 is 10.1 Å². The molecule has 3 N–H and O–H groups in total. The van der Waals surface area contributed by atoms with E-state index in [0.29, 0.717) is 0 Å². The van der Waals surface area contributed by atoms with Crippen LogP contribution in [0.1, 0.15) is 21.7 Å². The van der Waals surface area contributed by atoms with Crippen LogP contribution in [0.25, 0.3) is 0 Å². The molecule has 21 heavy (non-hydrogen) atoms. The number of aryl methyl sites for hydroxylation is 1. The number of aromatic amines is 1. The molecule has 9 heteroatoms. The van der Waals surface area contributed by atoms with E-state index >= 15 is 0 Å². The minimum atomic E-state index is -4.00. The van der Waals surface area contributed by atoms with Crippen molar-refractivity contribution in [2.45, 2.75) is 18.7 Å². The number of sulfonamides is 1. The molecule has 0 radical (unpaired) electrons. The Morgan fingerprint density at radius 2 is 2.10 bits per heavy atom. The standard InChI is InChI=1S/C12H12ClN3O4S/c1-6-9(12(17)18)15-7(2)10(6)21(19,20)16-11-8(13)4-3-5-14-11/h3-5,15H,1-2H3,(H,14,16)(H,17,18). The predicted molar refractivity (Wildman–Crippen MR) is 77.3 cm³/mol. The maximum absolute atomic E-state index is 12.4. The molecule has 0 aliphatic carbocycles. The van der Waals surface area contributed by atoms with Crippen LogP contribution < -0.4 is 4.72 Å². The number of carboxylic acid groups (broad SMARTS) is 1. The van der Waals surface area contributed by atoms with Crippen LogP contribution >= 0.6 is 11.6 Å². The van der Waals surface area contributed by atoms with Gasteiger partial charge in [-0.25, -0.2) is 18.2 Å². The Hall–Kier alpha value is -2.06. The topological polar surface area (TPSA) is 112 Å². The van der Waals surface area contributed by atoms with Crippen molar-refractivity contribution in [1.29, 1.82) is 0 Å². The van der Waals surface area contributed by atoms with Crippen LogP contribution in [-0.2, 0) is 10.0 Å². The number of nitrogens with one attached hydrogen (secondary N) is 2. The van der Waals surface area contributed by atoms with E-state index in [4.69, 9.17) is 16.7 Å². The van der Waals surface area contributed by atoms with Gasteiger partial charge in [-0.3, -0.25) is 4.72 Å². The fraction of sp³-hybridized carbons (Fsp3) is 0.167. The van der Waals surface area contributed by atoms with Gasteiger partial charge in [0.05, 0.1) is 5.02 Å². The van der Waals surface area contributed by atoms with Crippen molar-refractivity contribution in [2.75, 3.05) is 4.72 Å². The van der Waals surface area contributed by atoms with Gasteiger partial charge in [-0.1, -0.05) is 11.6 Å². The van der Waals surface area contributed by atoms with Gasteiger partial charge in [0.1, 0.15) is 10.6 Å². The van der Waals surface area contributed by atoms with E-state index in [9.17, 15) is 13.2 Å². The quantitative estimate of drug-likeness (QED) is 0.795. The number of pyridine rings is 1. The highest BCUT2D eigenvalue weighted by Crippen LogP contribution is 2.27. The Morgan fingerprint density at radius 1 is 1.43 bits per heavy atom. The Labute approximate surface area is 126 Å². The van der Waals surface area contributed by atoms with Crippen molar-refractivity contribution >= 4 is 33.4 Å². The zero-order valence-electron chi connectivity index (χ0n) is 11.1. The summed E-state index contributed by atoms with van der Waals surface area (Å²) in [5.41, 5.74) is 0.184. The van der Waals surface area contributed by atoms with Crippen LogP contribution in [0.4, 0.5) is 5.82 Å². The maximum Gasteiger partial charge on any atom is 0.352 e. The van der Waals surface area contributed by atoms with Crippen LogP contribution in [0.5, 0.6) is 0 Å². The number of carbonyl (C=O) groups is 1. The highest BCUT2D eigenvalue weighted by atomic mass is 35.5. The lowest BCUT2D eigenvalue weighted by Gasteiger charge is -2.09. The zero-order valence-corrected chi connectivity index (χ0v) is 12.7. The highest BCUT2D eigenvalue weighted by Gasteiger charge is 2.27. The number of nitrogens with zero attached hydrogens (tertiary/aromatic N) is 1. The molecule has 0 aliphatic rings. The molecule has 2 rings (SSSR count). The van der Waals surface area contributed by atoms with E-state index in [1.807, 2.05) is 0 Å². The Balaban J connectivity index is 2.51. The third-order valence-electron chi connectivity index (χ3n) is 2.84. The summed E-state index contributed by atoms with van der Waals surface area (Å²) in [4.78, 5) is 17.3. The summed E-state index contributed by atoms with van der Waals surface area (Å²) < 4.78 is 27.1. The molecule has 2 aromatic rings. The predicted octanol–water partition coefficient (Wildman–Crippen LogP) is 2.18. The SMILES string of the molecule is Cc1[nH]c(C(=O)O)c(C)c1S(=O)(=O)Nc1ncccc1Cl. The minimum absolute atomic E-state index is 0.0176. The third kappa shape index (κ3) is 2.86. The molecule has 0 atom stereocenters. The summed E-state index contributed by atoms with van der Waals surface area (Å²) in [5, 5.41) is 9.17. The van der Waals surface area contributed by atoms with Gasteiger partial charge in [0.25, 0.3) is 10.0 Å². The normalized spacial score (nSPS) is 11.4. The number of aromatic nitrogens is 2. The van der Waals surface area contributed by atoms with Crippen molar-refractivity contribution in [3.63, 3.8) is 0 Å². The molecule has 0 saturated carbocycles. The van der Waals surface area contributed by atoms with Gasteiger partial charge in [0.2, 0.25) is 0 Å². The van der Waals surface area contributed by atoms with Crippen molar-refractivity contribution < 1.29 is 18.3 Å². The first kappa shape index (κ1) is 15.3. The summed E-state index contributed by atoms with van der Waals surface area (Å²) in [5.74, 6) is -1.25. The Bertz CT molecular complexity index is 814. The zero-order chi connectivity index (χ0) is 15.8. The van der Waals surface area contributed by atoms with Crippen LogP contribution in [0.15, 0.2) is 23.2 Å². The third-order valence-corrected chi connectivity index (χ3v) is 4.76. The molecule has 2 aromatic heterocycles. The lowest BCUT2D eigenvalue weighted by atomic mass is 10.2. The van der Waals surface area contributed by atoms with E-state index in [1.54, 1.807) is 6.07 Å². The highest BCUT2D eigenvalue weighted by molar-refractivity contribution is 7.92. The average molecular weight is 330 g/mol. The van der Waals surface area contributed by atoms with Gasteiger partial charge in [0, 0.05) is 17.5 Å². The van der Waals surface area contributed by atoms with Crippen molar-refractivity contribution in [1.82, 2.24) is 9.97 Å². The largest absolute Gasteiger partial charge is 0.477 e. The van der Waals surface area contributed by atoms with Crippen LogP contribution in [-0.4, -0.2) is 29.5 Å². The molecule has 0 spiro atoms. The smallest absolute Gasteiger partial charge is 0.352 e. The number of carboxylic acids is 1. The van der Waals surface area contributed by atoms with E-state index in [1.165, 1.54) is 26.1 Å². The molecule has 7 nitrogen and oxygen atoms in total. The number of hydrogen-bond donors (Lipinski definition) is 3. The number of halogens is 1. The molecule has 0 bridgehead atoms. The van der Waals surface area contributed by atoms with E-state index in [-0.39, 0.29) is 32.7 Å². The molecule has 112 valence electrons. The second-order valence-corrected chi connectivity index (χ2v) is 6.35. The summed E-state index contributed by atoms with van der Waals surface area (Å²) in [6, 6.07) is 3.06. The molecule has 0 aliphatic heterocycles. The molecule has 2 heterocycles. The van der Waals surface area contributed by atoms with Crippen molar-refractivity contribution in [2.24, 2.45) is 0 Å². The van der Waals surface area contributed by atoms with E-state index in [2.05, 4.69) is 14.7 Å². The maximum atomic E-state index is 12.4. The Morgan fingerprint density at radius 3 is 2.62 bits per heavy atom.